The van der Waals surface area contributed by atoms with Crippen molar-refractivity contribution in [2.75, 3.05) is 14.1 Å². The first-order chi connectivity index (χ1) is 11.2. The van der Waals surface area contributed by atoms with Crippen molar-refractivity contribution >= 4 is 5.91 Å². The molecule has 1 unspecified atom stereocenters. The van der Waals surface area contributed by atoms with E-state index in [9.17, 15) is 18.0 Å². The van der Waals surface area contributed by atoms with Gasteiger partial charge in [-0.2, -0.15) is 13.2 Å². The zero-order valence-corrected chi connectivity index (χ0v) is 13.7. The molecule has 1 amide bonds. The van der Waals surface area contributed by atoms with E-state index in [4.69, 9.17) is 0 Å². The van der Waals surface area contributed by atoms with E-state index in [1.165, 1.54) is 18.2 Å². The highest BCUT2D eigenvalue weighted by molar-refractivity contribution is 5.92. The van der Waals surface area contributed by atoms with E-state index in [-0.39, 0.29) is 11.3 Å². The van der Waals surface area contributed by atoms with Crippen LogP contribution in [0.2, 0.25) is 0 Å². The summed E-state index contributed by atoms with van der Waals surface area (Å²) in [5.41, 5.74) is 1.57. The van der Waals surface area contributed by atoms with Crippen LogP contribution in [0, 0.1) is 6.92 Å². The number of benzene rings is 1. The molecule has 2 rings (SSSR count). The molecular formula is C17H20F3N3O. The molecule has 130 valence electrons. The highest BCUT2D eigenvalue weighted by Gasteiger charge is 2.42. The molecule has 1 aromatic heterocycles. The van der Waals surface area contributed by atoms with Gasteiger partial charge in [0, 0.05) is 12.2 Å². The molecule has 0 aliphatic heterocycles. The van der Waals surface area contributed by atoms with Gasteiger partial charge in [-0.15, -0.1) is 0 Å². The summed E-state index contributed by atoms with van der Waals surface area (Å²) < 4.78 is 40.1. The van der Waals surface area contributed by atoms with Crippen LogP contribution < -0.4 is 5.32 Å². The van der Waals surface area contributed by atoms with E-state index in [0.29, 0.717) is 12.1 Å². The number of aromatic amines is 1. The zero-order chi connectivity index (χ0) is 17.9. The first-order valence-electron chi connectivity index (χ1n) is 7.43. The van der Waals surface area contributed by atoms with E-state index in [1.807, 2.05) is 19.0 Å². The molecule has 24 heavy (non-hydrogen) atoms. The quantitative estimate of drug-likeness (QED) is 0.877. The molecule has 1 heterocycles. The summed E-state index contributed by atoms with van der Waals surface area (Å²) in [5, 5.41) is 2.07. The van der Waals surface area contributed by atoms with Crippen LogP contribution >= 0.6 is 0 Å². The summed E-state index contributed by atoms with van der Waals surface area (Å²) in [6.07, 6.45) is -4.58. The molecule has 4 nitrogen and oxygen atoms in total. The van der Waals surface area contributed by atoms with E-state index >= 15 is 0 Å². The number of H-pyrrole nitrogens is 1. The highest BCUT2D eigenvalue weighted by Crippen LogP contribution is 2.33. The molecule has 1 aromatic carbocycles. The van der Waals surface area contributed by atoms with Crippen molar-refractivity contribution in [2.24, 2.45) is 0 Å². The molecule has 0 spiro atoms. The number of aromatic nitrogens is 1. The van der Waals surface area contributed by atoms with Crippen molar-refractivity contribution in [2.45, 2.75) is 25.7 Å². The lowest BCUT2D eigenvalue weighted by molar-refractivity contribution is -0.155. The second-order valence-corrected chi connectivity index (χ2v) is 6.00. The standard InChI is InChI=1S/C17H20F3N3O/c1-11-5-4-6-12(9-11)15(17(18,19)20)22-16(24)14-8-7-13(21-14)10-23(2)3/h4-9,15,21H,10H2,1-3H3,(H,22,24). The van der Waals surface area contributed by atoms with Crippen LogP contribution in [0.5, 0.6) is 0 Å². The SMILES string of the molecule is Cc1cccc(C(NC(=O)c2ccc(CN(C)C)[nH]2)C(F)(F)F)c1. The van der Waals surface area contributed by atoms with Gasteiger partial charge in [0.25, 0.3) is 5.91 Å². The van der Waals surface area contributed by atoms with Crippen molar-refractivity contribution in [3.05, 3.63) is 58.9 Å². The van der Waals surface area contributed by atoms with E-state index < -0.39 is 18.1 Å². The highest BCUT2D eigenvalue weighted by atomic mass is 19.4. The number of hydrogen-bond donors (Lipinski definition) is 2. The number of carbonyl (C=O) groups is 1. The lowest BCUT2D eigenvalue weighted by atomic mass is 10.0. The van der Waals surface area contributed by atoms with Gasteiger partial charge in [-0.3, -0.25) is 4.79 Å². The molecule has 2 N–H and O–H groups in total. The summed E-state index contributed by atoms with van der Waals surface area (Å²) in [6.45, 7) is 2.27. The maximum atomic E-state index is 13.4. The third-order valence-electron chi connectivity index (χ3n) is 3.46. The van der Waals surface area contributed by atoms with Crippen LogP contribution in [0.15, 0.2) is 36.4 Å². The van der Waals surface area contributed by atoms with Crippen molar-refractivity contribution in [3.63, 3.8) is 0 Å². The number of nitrogens with one attached hydrogen (secondary N) is 2. The first kappa shape index (κ1) is 18.1. The number of halogens is 3. The third kappa shape index (κ3) is 4.61. The molecule has 0 aliphatic carbocycles. The fourth-order valence-corrected chi connectivity index (χ4v) is 2.42. The molecule has 0 aliphatic rings. The molecular weight excluding hydrogens is 319 g/mol. The minimum Gasteiger partial charge on any atom is -0.353 e. The average Bonchev–Trinajstić information content (AvgIpc) is 2.91. The van der Waals surface area contributed by atoms with Gasteiger partial charge < -0.3 is 15.2 Å². The van der Waals surface area contributed by atoms with Gasteiger partial charge in [0.2, 0.25) is 0 Å². The third-order valence-corrected chi connectivity index (χ3v) is 3.46. The van der Waals surface area contributed by atoms with Gasteiger partial charge in [-0.05, 0) is 38.7 Å². The van der Waals surface area contributed by atoms with Crippen molar-refractivity contribution in [1.29, 1.82) is 0 Å². The second-order valence-electron chi connectivity index (χ2n) is 6.00. The largest absolute Gasteiger partial charge is 0.412 e. The van der Waals surface area contributed by atoms with Crippen molar-refractivity contribution in [3.8, 4) is 0 Å². The molecule has 0 radical (unpaired) electrons. The van der Waals surface area contributed by atoms with Crippen LogP contribution in [-0.4, -0.2) is 36.1 Å². The predicted molar refractivity (Wildman–Crippen MR) is 85.6 cm³/mol. The Labute approximate surface area is 138 Å². The average molecular weight is 339 g/mol. The Hall–Kier alpha value is -2.28. The first-order valence-corrected chi connectivity index (χ1v) is 7.43. The minimum atomic E-state index is -4.58. The smallest absolute Gasteiger partial charge is 0.353 e. The summed E-state index contributed by atoms with van der Waals surface area (Å²) in [7, 11) is 3.72. The molecule has 7 heteroatoms. The second kappa shape index (κ2) is 7.09. The van der Waals surface area contributed by atoms with E-state index in [2.05, 4.69) is 10.3 Å². The molecule has 1 atom stereocenters. The number of hydrogen-bond acceptors (Lipinski definition) is 2. The van der Waals surface area contributed by atoms with Crippen molar-refractivity contribution < 1.29 is 18.0 Å². The molecule has 0 fully saturated rings. The summed E-state index contributed by atoms with van der Waals surface area (Å²) in [5.74, 6) is -0.788. The Morgan fingerprint density at radius 1 is 1.25 bits per heavy atom. The van der Waals surface area contributed by atoms with Gasteiger partial charge in [0.05, 0.1) is 0 Å². The Morgan fingerprint density at radius 2 is 1.96 bits per heavy atom. The topological polar surface area (TPSA) is 48.1 Å². The Kier molecular flexibility index (Phi) is 5.33. The Bertz CT molecular complexity index is 707. The van der Waals surface area contributed by atoms with Crippen molar-refractivity contribution in [1.82, 2.24) is 15.2 Å². The normalized spacial score (nSPS) is 13.1. The molecule has 0 saturated carbocycles. The number of rotatable bonds is 5. The number of aryl methyl sites for hydroxylation is 1. The van der Waals surface area contributed by atoms with Crippen LogP contribution in [0.25, 0.3) is 0 Å². The molecule has 0 saturated heterocycles. The summed E-state index contributed by atoms with van der Waals surface area (Å²) >= 11 is 0. The zero-order valence-electron chi connectivity index (χ0n) is 13.7. The lowest BCUT2D eigenvalue weighted by Crippen LogP contribution is -2.38. The van der Waals surface area contributed by atoms with Gasteiger partial charge in [0.15, 0.2) is 6.04 Å². The summed E-state index contributed by atoms with van der Waals surface area (Å²) in [6, 6.07) is 7.14. The van der Waals surface area contributed by atoms with E-state index in [1.54, 1.807) is 25.1 Å². The maximum Gasteiger partial charge on any atom is 0.412 e. The fourth-order valence-electron chi connectivity index (χ4n) is 2.42. The van der Waals surface area contributed by atoms with Gasteiger partial charge in [-0.1, -0.05) is 29.8 Å². The number of carbonyl (C=O) groups excluding carboxylic acids is 1. The molecule has 2 aromatic rings. The fraction of sp³-hybridized carbons (Fsp3) is 0.353. The van der Waals surface area contributed by atoms with Gasteiger partial charge >= 0.3 is 6.18 Å². The predicted octanol–water partition coefficient (Wildman–Crippen LogP) is 3.42. The van der Waals surface area contributed by atoms with E-state index in [0.717, 1.165) is 5.69 Å². The van der Waals surface area contributed by atoms with Gasteiger partial charge in [-0.25, -0.2) is 0 Å². The Balaban J connectivity index is 2.20. The minimum absolute atomic E-state index is 0.0101. The van der Waals surface area contributed by atoms with Gasteiger partial charge in [0.1, 0.15) is 5.69 Å². The Morgan fingerprint density at radius 3 is 2.54 bits per heavy atom. The van der Waals surface area contributed by atoms with Crippen LogP contribution in [-0.2, 0) is 6.54 Å². The van der Waals surface area contributed by atoms with Crippen LogP contribution in [0.4, 0.5) is 13.2 Å². The van der Waals surface area contributed by atoms with Crippen LogP contribution in [0.1, 0.15) is 33.4 Å². The maximum absolute atomic E-state index is 13.4. The monoisotopic (exact) mass is 339 g/mol. The summed E-state index contributed by atoms with van der Waals surface area (Å²) in [4.78, 5) is 16.9. The lowest BCUT2D eigenvalue weighted by Gasteiger charge is -2.22. The number of amides is 1. The van der Waals surface area contributed by atoms with Crippen LogP contribution in [0.3, 0.4) is 0 Å². The number of alkyl halides is 3. The molecule has 0 bridgehead atoms. The number of nitrogens with zero attached hydrogens (tertiary/aromatic N) is 1.